The van der Waals surface area contributed by atoms with Gasteiger partial charge in [-0.05, 0) is 25.8 Å². The molecule has 1 aliphatic rings. The maximum atomic E-state index is 5.50. The van der Waals surface area contributed by atoms with Crippen LogP contribution in [-0.2, 0) is 19.4 Å². The van der Waals surface area contributed by atoms with E-state index in [1.54, 1.807) is 0 Å². The second-order valence-corrected chi connectivity index (χ2v) is 3.31. The number of hydrogen-bond donors (Lipinski definition) is 1. The Kier molecular flexibility index (Phi) is 6.64. The maximum absolute atomic E-state index is 5.50. The van der Waals surface area contributed by atoms with Gasteiger partial charge in [-0.1, -0.05) is 0 Å². The zero-order valence-corrected chi connectivity index (χ0v) is 11.5. The molecule has 0 radical (unpaired) electrons. The predicted molar refractivity (Wildman–Crippen MR) is 68.6 cm³/mol. The Bertz CT molecular complexity index is 273. The summed E-state index contributed by atoms with van der Waals surface area (Å²) in [6, 6.07) is 0. The first-order valence-corrected chi connectivity index (χ1v) is 4.65. The molecule has 82 valence electrons. The van der Waals surface area contributed by atoms with Gasteiger partial charge < -0.3 is 10.3 Å². The zero-order valence-electron chi connectivity index (χ0n) is 8.11. The lowest BCUT2D eigenvalue weighted by molar-refractivity contribution is 0.514. The fraction of sp³-hybridized carbons (Fsp3) is 0.667. The van der Waals surface area contributed by atoms with E-state index >= 15 is 0 Å². The van der Waals surface area contributed by atoms with Crippen LogP contribution in [0.1, 0.15) is 24.4 Å². The summed E-state index contributed by atoms with van der Waals surface area (Å²) in [4.78, 5) is 4.37. The van der Waals surface area contributed by atoms with Gasteiger partial charge in [-0.25, -0.2) is 4.98 Å². The monoisotopic (exact) mass is 325 g/mol. The first kappa shape index (κ1) is 14.1. The third kappa shape index (κ3) is 2.81. The Labute approximate surface area is 106 Å². The van der Waals surface area contributed by atoms with E-state index in [4.69, 9.17) is 5.73 Å². The molecule has 0 saturated heterocycles. The van der Waals surface area contributed by atoms with Crippen LogP contribution in [0.2, 0.25) is 0 Å². The Hall–Kier alpha value is 0.130. The van der Waals surface area contributed by atoms with Gasteiger partial charge in [0.05, 0.1) is 0 Å². The smallest absolute Gasteiger partial charge is 0.110 e. The number of fused-ring (bicyclic) bond motifs is 1. The summed E-state index contributed by atoms with van der Waals surface area (Å²) in [5.41, 5.74) is 6.89. The molecular formula is C9H17Br2N3. The molecule has 0 saturated carbocycles. The van der Waals surface area contributed by atoms with Gasteiger partial charge in [0.15, 0.2) is 0 Å². The minimum absolute atomic E-state index is 0. The molecule has 0 atom stereocenters. The van der Waals surface area contributed by atoms with Crippen molar-refractivity contribution in [1.82, 2.24) is 9.55 Å². The van der Waals surface area contributed by atoms with Crippen LogP contribution in [0.15, 0.2) is 6.20 Å². The topological polar surface area (TPSA) is 43.8 Å². The van der Waals surface area contributed by atoms with Gasteiger partial charge in [0.1, 0.15) is 5.82 Å². The van der Waals surface area contributed by atoms with Crippen molar-refractivity contribution in [2.45, 2.75) is 32.2 Å². The summed E-state index contributed by atoms with van der Waals surface area (Å²) < 4.78 is 2.33. The van der Waals surface area contributed by atoms with Gasteiger partial charge in [0.25, 0.3) is 0 Å². The SMILES string of the molecule is Br.Br.NCCc1ncc2n1CCCC2. The minimum atomic E-state index is 0. The second kappa shape index (κ2) is 6.58. The third-order valence-electron chi connectivity index (χ3n) is 2.45. The molecule has 0 fully saturated rings. The standard InChI is InChI=1S/C9H15N3.2BrH/c10-5-4-9-11-7-8-3-1-2-6-12(8)9;;/h7H,1-6,10H2;2*1H. The van der Waals surface area contributed by atoms with Gasteiger partial charge in [-0.3, -0.25) is 0 Å². The molecule has 2 N–H and O–H groups in total. The van der Waals surface area contributed by atoms with Crippen molar-refractivity contribution in [3.05, 3.63) is 17.7 Å². The summed E-state index contributed by atoms with van der Waals surface area (Å²) in [6.45, 7) is 1.85. The molecule has 3 nitrogen and oxygen atoms in total. The van der Waals surface area contributed by atoms with Crippen molar-refractivity contribution < 1.29 is 0 Å². The van der Waals surface area contributed by atoms with Crippen molar-refractivity contribution in [1.29, 1.82) is 0 Å². The Morgan fingerprint density at radius 2 is 2.14 bits per heavy atom. The molecule has 0 amide bonds. The molecule has 0 spiro atoms. The third-order valence-corrected chi connectivity index (χ3v) is 2.45. The molecule has 5 heteroatoms. The average molecular weight is 327 g/mol. The first-order valence-electron chi connectivity index (χ1n) is 4.65. The van der Waals surface area contributed by atoms with Crippen molar-refractivity contribution in [2.24, 2.45) is 5.73 Å². The summed E-state index contributed by atoms with van der Waals surface area (Å²) >= 11 is 0. The molecule has 2 rings (SSSR count). The molecule has 0 aliphatic carbocycles. The lowest BCUT2D eigenvalue weighted by atomic mass is 10.1. The minimum Gasteiger partial charge on any atom is -0.332 e. The van der Waals surface area contributed by atoms with Crippen molar-refractivity contribution in [3.8, 4) is 0 Å². The van der Waals surface area contributed by atoms with Gasteiger partial charge >= 0.3 is 0 Å². The van der Waals surface area contributed by atoms with E-state index < -0.39 is 0 Å². The normalized spacial score (nSPS) is 13.8. The molecule has 1 aromatic heterocycles. The number of aromatic nitrogens is 2. The van der Waals surface area contributed by atoms with Gasteiger partial charge in [-0.2, -0.15) is 0 Å². The van der Waals surface area contributed by atoms with Crippen LogP contribution in [0.5, 0.6) is 0 Å². The molecule has 14 heavy (non-hydrogen) atoms. The van der Waals surface area contributed by atoms with Crippen LogP contribution >= 0.6 is 34.0 Å². The van der Waals surface area contributed by atoms with Crippen LogP contribution in [-0.4, -0.2) is 16.1 Å². The maximum Gasteiger partial charge on any atom is 0.110 e. The highest BCUT2D eigenvalue weighted by molar-refractivity contribution is 8.93. The van der Waals surface area contributed by atoms with Crippen molar-refractivity contribution in [3.63, 3.8) is 0 Å². The summed E-state index contributed by atoms with van der Waals surface area (Å²) in [5.74, 6) is 1.17. The second-order valence-electron chi connectivity index (χ2n) is 3.31. The van der Waals surface area contributed by atoms with E-state index in [0.29, 0.717) is 6.54 Å². The predicted octanol–water partition coefficient (Wildman–Crippen LogP) is 1.88. The van der Waals surface area contributed by atoms with Crippen LogP contribution < -0.4 is 5.73 Å². The number of nitrogens with two attached hydrogens (primary N) is 1. The van der Waals surface area contributed by atoms with Crippen molar-refractivity contribution >= 4 is 34.0 Å². The fourth-order valence-corrected chi connectivity index (χ4v) is 1.83. The molecule has 2 heterocycles. The molecule has 1 aromatic rings. The fourth-order valence-electron chi connectivity index (χ4n) is 1.83. The van der Waals surface area contributed by atoms with E-state index in [0.717, 1.165) is 13.0 Å². The van der Waals surface area contributed by atoms with Crippen LogP contribution in [0, 0.1) is 0 Å². The molecular weight excluding hydrogens is 310 g/mol. The molecule has 1 aliphatic heterocycles. The number of halogens is 2. The van der Waals surface area contributed by atoms with E-state index in [1.807, 2.05) is 6.20 Å². The number of nitrogens with zero attached hydrogens (tertiary/aromatic N) is 2. The highest BCUT2D eigenvalue weighted by atomic mass is 79.9. The highest BCUT2D eigenvalue weighted by Gasteiger charge is 2.12. The van der Waals surface area contributed by atoms with Crippen LogP contribution in [0.3, 0.4) is 0 Å². The van der Waals surface area contributed by atoms with Gasteiger partial charge in [0.2, 0.25) is 0 Å². The van der Waals surface area contributed by atoms with Crippen LogP contribution in [0.4, 0.5) is 0 Å². The molecule has 0 aromatic carbocycles. The summed E-state index contributed by atoms with van der Waals surface area (Å²) in [5, 5.41) is 0. The summed E-state index contributed by atoms with van der Waals surface area (Å²) in [7, 11) is 0. The Morgan fingerprint density at radius 3 is 2.86 bits per heavy atom. The van der Waals surface area contributed by atoms with E-state index in [2.05, 4.69) is 9.55 Å². The zero-order chi connectivity index (χ0) is 8.39. The lowest BCUT2D eigenvalue weighted by Gasteiger charge is -2.15. The number of aryl methyl sites for hydroxylation is 1. The van der Waals surface area contributed by atoms with Gasteiger partial charge in [-0.15, -0.1) is 34.0 Å². The highest BCUT2D eigenvalue weighted by Crippen LogP contribution is 2.16. The number of rotatable bonds is 2. The summed E-state index contributed by atoms with van der Waals surface area (Å²) in [6.07, 6.45) is 6.72. The number of imidazole rings is 1. The largest absolute Gasteiger partial charge is 0.332 e. The van der Waals surface area contributed by atoms with Crippen molar-refractivity contribution in [2.75, 3.05) is 6.54 Å². The average Bonchev–Trinajstić information content (AvgIpc) is 2.50. The van der Waals surface area contributed by atoms with E-state index in [1.165, 1.54) is 30.8 Å². The Balaban J connectivity index is 0.000000845. The Morgan fingerprint density at radius 1 is 1.36 bits per heavy atom. The quantitative estimate of drug-likeness (QED) is 0.901. The van der Waals surface area contributed by atoms with E-state index in [-0.39, 0.29) is 34.0 Å². The van der Waals surface area contributed by atoms with Gasteiger partial charge in [0, 0.05) is 24.9 Å². The first-order chi connectivity index (χ1) is 5.92. The molecule has 0 bridgehead atoms. The lowest BCUT2D eigenvalue weighted by Crippen LogP contribution is -2.15. The molecule has 0 unspecified atom stereocenters. The number of hydrogen-bond acceptors (Lipinski definition) is 2. The van der Waals surface area contributed by atoms with Crippen LogP contribution in [0.25, 0.3) is 0 Å². The van der Waals surface area contributed by atoms with E-state index in [9.17, 15) is 0 Å².